The van der Waals surface area contributed by atoms with E-state index in [1.54, 1.807) is 0 Å². The summed E-state index contributed by atoms with van der Waals surface area (Å²) in [7, 11) is 2.02. The second kappa shape index (κ2) is 4.70. The van der Waals surface area contributed by atoms with Crippen LogP contribution in [0.5, 0.6) is 0 Å². The average molecular weight is 158 g/mol. The molecule has 1 aliphatic heterocycles. The number of hydrogen-bond donors (Lipinski definition) is 1. The van der Waals surface area contributed by atoms with Crippen LogP contribution < -0.4 is 5.32 Å². The van der Waals surface area contributed by atoms with Gasteiger partial charge in [-0.15, -0.1) is 0 Å². The minimum Gasteiger partial charge on any atom is -0.379 e. The summed E-state index contributed by atoms with van der Waals surface area (Å²) >= 11 is 0. The predicted molar refractivity (Wildman–Crippen MR) is 45.5 cm³/mol. The third-order valence-electron chi connectivity index (χ3n) is 2.21. The molecule has 0 spiro atoms. The van der Waals surface area contributed by atoms with Gasteiger partial charge in [-0.2, -0.15) is 0 Å². The molecule has 3 nitrogen and oxygen atoms in total. The molecule has 0 amide bonds. The van der Waals surface area contributed by atoms with Gasteiger partial charge in [0.15, 0.2) is 0 Å². The van der Waals surface area contributed by atoms with Crippen molar-refractivity contribution in [2.45, 2.75) is 19.5 Å². The lowest BCUT2D eigenvalue weighted by molar-refractivity contribution is 0.00979. The summed E-state index contributed by atoms with van der Waals surface area (Å²) in [5.41, 5.74) is 0. The van der Waals surface area contributed by atoms with Gasteiger partial charge in [0, 0.05) is 13.1 Å². The number of nitrogens with one attached hydrogen (secondary N) is 1. The summed E-state index contributed by atoms with van der Waals surface area (Å²) in [4.78, 5) is 2.43. The molecule has 1 atom stereocenters. The lowest BCUT2D eigenvalue weighted by atomic mass is 10.3. The molecule has 3 heteroatoms. The van der Waals surface area contributed by atoms with E-state index in [1.807, 2.05) is 7.05 Å². The highest BCUT2D eigenvalue weighted by Crippen LogP contribution is 2.03. The molecule has 0 saturated carbocycles. The Kier molecular flexibility index (Phi) is 3.83. The Morgan fingerprint density at radius 2 is 2.09 bits per heavy atom. The molecule has 0 aliphatic carbocycles. The zero-order valence-electron chi connectivity index (χ0n) is 7.47. The van der Waals surface area contributed by atoms with Crippen LogP contribution in [-0.4, -0.2) is 44.4 Å². The molecule has 0 radical (unpaired) electrons. The maximum absolute atomic E-state index is 5.27. The smallest absolute Gasteiger partial charge is 0.0594 e. The zero-order valence-corrected chi connectivity index (χ0v) is 7.47. The van der Waals surface area contributed by atoms with Crippen LogP contribution in [0.4, 0.5) is 0 Å². The number of rotatable bonds is 3. The monoisotopic (exact) mass is 158 g/mol. The van der Waals surface area contributed by atoms with Gasteiger partial charge in [0.2, 0.25) is 0 Å². The van der Waals surface area contributed by atoms with Gasteiger partial charge in [0.1, 0.15) is 0 Å². The number of ether oxygens (including phenoxy) is 1. The van der Waals surface area contributed by atoms with Crippen molar-refractivity contribution in [2.75, 3.05) is 33.4 Å². The minimum atomic E-state index is 0.541. The Bertz CT molecular complexity index is 98.3. The first-order valence-corrected chi connectivity index (χ1v) is 4.37. The van der Waals surface area contributed by atoms with Crippen LogP contribution in [-0.2, 0) is 4.74 Å². The lowest BCUT2D eigenvalue weighted by Gasteiger charge is -2.33. The van der Waals surface area contributed by atoms with Gasteiger partial charge in [0.05, 0.1) is 19.4 Å². The van der Waals surface area contributed by atoms with Crippen molar-refractivity contribution in [2.24, 2.45) is 0 Å². The maximum Gasteiger partial charge on any atom is 0.0594 e. The van der Waals surface area contributed by atoms with Gasteiger partial charge in [-0.05, 0) is 13.5 Å². The van der Waals surface area contributed by atoms with E-state index in [0.29, 0.717) is 6.17 Å². The molecule has 1 heterocycles. The first kappa shape index (κ1) is 8.97. The Morgan fingerprint density at radius 3 is 2.55 bits per heavy atom. The van der Waals surface area contributed by atoms with Gasteiger partial charge in [0.25, 0.3) is 0 Å². The van der Waals surface area contributed by atoms with Crippen molar-refractivity contribution >= 4 is 0 Å². The van der Waals surface area contributed by atoms with Crippen molar-refractivity contribution in [3.05, 3.63) is 0 Å². The topological polar surface area (TPSA) is 24.5 Å². The summed E-state index contributed by atoms with van der Waals surface area (Å²) in [5.74, 6) is 0. The van der Waals surface area contributed by atoms with Crippen molar-refractivity contribution in [3.63, 3.8) is 0 Å². The molecule has 0 aromatic carbocycles. The predicted octanol–water partition coefficient (Wildman–Crippen LogP) is 0.274. The third-order valence-corrected chi connectivity index (χ3v) is 2.21. The van der Waals surface area contributed by atoms with Crippen LogP contribution in [0.15, 0.2) is 0 Å². The van der Waals surface area contributed by atoms with Gasteiger partial charge >= 0.3 is 0 Å². The molecular weight excluding hydrogens is 140 g/mol. The summed E-state index contributed by atoms with van der Waals surface area (Å²) in [6.45, 7) is 6.12. The molecular formula is C8H18N2O. The third kappa shape index (κ3) is 2.43. The second-order valence-corrected chi connectivity index (χ2v) is 2.86. The van der Waals surface area contributed by atoms with Gasteiger partial charge < -0.3 is 10.1 Å². The average Bonchev–Trinajstić information content (AvgIpc) is 2.09. The van der Waals surface area contributed by atoms with Crippen molar-refractivity contribution in [3.8, 4) is 0 Å². The summed E-state index contributed by atoms with van der Waals surface area (Å²) in [6.07, 6.45) is 1.70. The molecule has 66 valence electrons. The second-order valence-electron chi connectivity index (χ2n) is 2.86. The van der Waals surface area contributed by atoms with E-state index in [2.05, 4.69) is 17.1 Å². The van der Waals surface area contributed by atoms with Crippen molar-refractivity contribution < 1.29 is 4.74 Å². The van der Waals surface area contributed by atoms with Crippen LogP contribution in [0.1, 0.15) is 13.3 Å². The SMILES string of the molecule is CCC(NC)N1CCOCC1. The Balaban J connectivity index is 2.30. The normalized spacial score (nSPS) is 23.5. The quantitative estimate of drug-likeness (QED) is 0.638. The Morgan fingerprint density at radius 1 is 1.45 bits per heavy atom. The number of hydrogen-bond acceptors (Lipinski definition) is 3. The maximum atomic E-state index is 5.27. The molecule has 1 N–H and O–H groups in total. The van der Waals surface area contributed by atoms with Crippen LogP contribution in [0, 0.1) is 0 Å². The molecule has 1 fully saturated rings. The number of nitrogens with zero attached hydrogens (tertiary/aromatic N) is 1. The van der Waals surface area contributed by atoms with Gasteiger partial charge in [-0.25, -0.2) is 0 Å². The van der Waals surface area contributed by atoms with E-state index >= 15 is 0 Å². The molecule has 0 aromatic rings. The molecule has 0 bridgehead atoms. The molecule has 1 rings (SSSR count). The summed E-state index contributed by atoms with van der Waals surface area (Å²) in [5, 5.41) is 3.29. The zero-order chi connectivity index (χ0) is 8.10. The largest absolute Gasteiger partial charge is 0.379 e. The van der Waals surface area contributed by atoms with E-state index in [-0.39, 0.29) is 0 Å². The first-order valence-electron chi connectivity index (χ1n) is 4.37. The lowest BCUT2D eigenvalue weighted by Crippen LogP contribution is -2.49. The highest BCUT2D eigenvalue weighted by molar-refractivity contribution is 4.68. The molecule has 1 aliphatic rings. The Hall–Kier alpha value is -0.120. The van der Waals surface area contributed by atoms with Gasteiger partial charge in [-0.1, -0.05) is 6.92 Å². The first-order chi connectivity index (χ1) is 5.38. The molecule has 1 saturated heterocycles. The van der Waals surface area contributed by atoms with Crippen LogP contribution in [0.2, 0.25) is 0 Å². The summed E-state index contributed by atoms with van der Waals surface area (Å²) in [6, 6.07) is 0. The molecule has 11 heavy (non-hydrogen) atoms. The Labute approximate surface area is 68.7 Å². The fraction of sp³-hybridized carbons (Fsp3) is 1.00. The standard InChI is InChI=1S/C8H18N2O/c1-3-8(9-2)10-4-6-11-7-5-10/h8-9H,3-7H2,1-2H3. The van der Waals surface area contributed by atoms with E-state index in [0.717, 1.165) is 32.7 Å². The summed E-state index contributed by atoms with van der Waals surface area (Å²) < 4.78 is 5.27. The highest BCUT2D eigenvalue weighted by Gasteiger charge is 2.16. The van der Waals surface area contributed by atoms with E-state index in [4.69, 9.17) is 4.74 Å². The number of morpholine rings is 1. The van der Waals surface area contributed by atoms with E-state index < -0.39 is 0 Å². The van der Waals surface area contributed by atoms with Crippen LogP contribution >= 0.6 is 0 Å². The van der Waals surface area contributed by atoms with Crippen molar-refractivity contribution in [1.82, 2.24) is 10.2 Å². The highest BCUT2D eigenvalue weighted by atomic mass is 16.5. The minimum absolute atomic E-state index is 0.541. The van der Waals surface area contributed by atoms with Crippen LogP contribution in [0.25, 0.3) is 0 Å². The van der Waals surface area contributed by atoms with E-state index in [9.17, 15) is 0 Å². The molecule has 1 unspecified atom stereocenters. The van der Waals surface area contributed by atoms with Crippen molar-refractivity contribution in [1.29, 1.82) is 0 Å². The fourth-order valence-electron chi connectivity index (χ4n) is 1.53. The fourth-order valence-corrected chi connectivity index (χ4v) is 1.53. The van der Waals surface area contributed by atoms with E-state index in [1.165, 1.54) is 0 Å². The van der Waals surface area contributed by atoms with Gasteiger partial charge in [-0.3, -0.25) is 4.90 Å². The molecule has 0 aromatic heterocycles. The van der Waals surface area contributed by atoms with Crippen LogP contribution in [0.3, 0.4) is 0 Å².